The minimum Gasteiger partial charge on any atom is -0.318 e. The molecule has 0 radical (unpaired) electrons. The molecule has 0 bridgehead atoms. The molecule has 3 aromatic rings. The maximum atomic E-state index is 12.8. The number of benzene rings is 1. The van der Waals surface area contributed by atoms with Gasteiger partial charge in [0.15, 0.2) is 10.9 Å². The third-order valence-corrected chi connectivity index (χ3v) is 5.07. The second-order valence-electron chi connectivity index (χ2n) is 5.51. The van der Waals surface area contributed by atoms with Gasteiger partial charge in [0.05, 0.1) is 5.25 Å². The van der Waals surface area contributed by atoms with Gasteiger partial charge in [0, 0.05) is 27.7 Å². The number of Topliss-reactive ketones (excluding diaryl/α,β-unsaturated/α-hetero) is 1. The Hall–Kier alpha value is -2.05. The van der Waals surface area contributed by atoms with E-state index in [2.05, 4.69) is 19.7 Å². The third kappa shape index (κ3) is 3.25. The van der Waals surface area contributed by atoms with Crippen molar-refractivity contribution in [1.29, 1.82) is 0 Å². The average Bonchev–Trinajstić information content (AvgIpc) is 3.16. The van der Waals surface area contributed by atoms with Gasteiger partial charge in [-0.05, 0) is 51.1 Å². The summed E-state index contributed by atoms with van der Waals surface area (Å²) in [6.45, 7) is 5.83. The van der Waals surface area contributed by atoms with E-state index in [-0.39, 0.29) is 11.0 Å². The molecule has 0 amide bonds. The predicted molar refractivity (Wildman–Crippen MR) is 96.3 cm³/mol. The summed E-state index contributed by atoms with van der Waals surface area (Å²) in [7, 11) is 0. The van der Waals surface area contributed by atoms with E-state index in [1.54, 1.807) is 0 Å². The molecule has 0 aliphatic heterocycles. The van der Waals surface area contributed by atoms with E-state index in [1.165, 1.54) is 18.1 Å². The highest BCUT2D eigenvalue weighted by Gasteiger charge is 2.23. The molecule has 5 nitrogen and oxygen atoms in total. The van der Waals surface area contributed by atoms with Gasteiger partial charge >= 0.3 is 0 Å². The van der Waals surface area contributed by atoms with Gasteiger partial charge in [-0.1, -0.05) is 23.4 Å². The van der Waals surface area contributed by atoms with Crippen LogP contribution in [0.25, 0.3) is 5.69 Å². The van der Waals surface area contributed by atoms with Crippen LogP contribution < -0.4 is 0 Å². The first-order valence-electron chi connectivity index (χ1n) is 7.48. The van der Waals surface area contributed by atoms with Crippen LogP contribution in [-0.4, -0.2) is 30.8 Å². The molecule has 1 aromatic carbocycles. The van der Waals surface area contributed by atoms with Gasteiger partial charge in [-0.3, -0.25) is 9.89 Å². The summed E-state index contributed by atoms with van der Waals surface area (Å²) in [4.78, 5) is 16.9. The first-order chi connectivity index (χ1) is 11.5. The van der Waals surface area contributed by atoms with Crippen LogP contribution in [0, 0.1) is 13.8 Å². The maximum Gasteiger partial charge on any atom is 0.184 e. The van der Waals surface area contributed by atoms with Gasteiger partial charge in [-0.15, -0.1) is 0 Å². The topological polar surface area (TPSA) is 63.6 Å². The fourth-order valence-corrected chi connectivity index (χ4v) is 3.60. The average molecular weight is 361 g/mol. The largest absolute Gasteiger partial charge is 0.318 e. The van der Waals surface area contributed by atoms with Crippen LogP contribution >= 0.6 is 23.4 Å². The number of nitrogens with one attached hydrogen (secondary N) is 1. The van der Waals surface area contributed by atoms with Crippen molar-refractivity contribution in [1.82, 2.24) is 19.7 Å². The number of carbonyl (C=O) groups is 1. The summed E-state index contributed by atoms with van der Waals surface area (Å²) in [6.07, 6.45) is 1.44. The molecule has 0 saturated carbocycles. The molecule has 2 heterocycles. The summed E-state index contributed by atoms with van der Waals surface area (Å²) in [5, 5.41) is 7.65. The Morgan fingerprint density at radius 3 is 2.62 bits per heavy atom. The Labute approximate surface area is 149 Å². The Balaban J connectivity index is 1.90. The molecule has 1 N–H and O–H groups in total. The number of aromatic amines is 1. The van der Waals surface area contributed by atoms with Gasteiger partial charge in [0.2, 0.25) is 0 Å². The van der Waals surface area contributed by atoms with E-state index in [0.717, 1.165) is 22.6 Å². The van der Waals surface area contributed by atoms with Crippen molar-refractivity contribution in [3.8, 4) is 5.69 Å². The fraction of sp³-hybridized carbons (Fsp3) is 0.235. The number of aromatic nitrogens is 4. The molecule has 0 saturated heterocycles. The van der Waals surface area contributed by atoms with Crippen molar-refractivity contribution in [2.45, 2.75) is 31.2 Å². The standard InChI is InChI=1S/C17H17ClN4OS/c1-10-8-15(16(23)12(3)24-17-19-9-20-21-17)11(2)22(10)14-6-4-13(18)5-7-14/h4-9,12H,1-3H3,(H,19,20,21)/t12-/m0/s1. The first kappa shape index (κ1) is 16.8. The van der Waals surface area contributed by atoms with Crippen LogP contribution in [0.4, 0.5) is 0 Å². The monoisotopic (exact) mass is 360 g/mol. The van der Waals surface area contributed by atoms with Crippen LogP contribution in [0.15, 0.2) is 41.8 Å². The van der Waals surface area contributed by atoms with E-state index in [1.807, 2.05) is 51.1 Å². The molecule has 24 heavy (non-hydrogen) atoms. The molecule has 0 spiro atoms. The van der Waals surface area contributed by atoms with E-state index >= 15 is 0 Å². The van der Waals surface area contributed by atoms with Gasteiger partial charge in [0.25, 0.3) is 0 Å². The summed E-state index contributed by atoms with van der Waals surface area (Å²) in [5.41, 5.74) is 3.64. The van der Waals surface area contributed by atoms with Gasteiger partial charge in [0.1, 0.15) is 6.33 Å². The number of hydrogen-bond acceptors (Lipinski definition) is 4. The minimum absolute atomic E-state index is 0.0738. The number of rotatable bonds is 5. The van der Waals surface area contributed by atoms with E-state index in [4.69, 9.17) is 11.6 Å². The fourth-order valence-electron chi connectivity index (χ4n) is 2.69. The molecular formula is C17H17ClN4OS. The number of nitrogens with zero attached hydrogens (tertiary/aromatic N) is 3. The summed E-state index contributed by atoms with van der Waals surface area (Å²) in [5.74, 6) is 0.0738. The van der Waals surface area contributed by atoms with Crippen molar-refractivity contribution in [2.75, 3.05) is 0 Å². The number of carbonyl (C=O) groups excluding carboxylic acids is 1. The van der Waals surface area contributed by atoms with Gasteiger partial charge in [-0.25, -0.2) is 4.98 Å². The summed E-state index contributed by atoms with van der Waals surface area (Å²) in [6, 6.07) is 9.52. The zero-order valence-electron chi connectivity index (χ0n) is 13.6. The van der Waals surface area contributed by atoms with Crippen LogP contribution in [0.2, 0.25) is 5.02 Å². The van der Waals surface area contributed by atoms with Crippen molar-refractivity contribution in [2.24, 2.45) is 0 Å². The van der Waals surface area contributed by atoms with Crippen LogP contribution in [-0.2, 0) is 0 Å². The number of halogens is 1. The summed E-state index contributed by atoms with van der Waals surface area (Å²) < 4.78 is 2.06. The highest BCUT2D eigenvalue weighted by molar-refractivity contribution is 8.00. The molecule has 0 fully saturated rings. The second-order valence-corrected chi connectivity index (χ2v) is 7.28. The maximum absolute atomic E-state index is 12.8. The quantitative estimate of drug-likeness (QED) is 0.546. The van der Waals surface area contributed by atoms with Crippen LogP contribution in [0.3, 0.4) is 0 Å². The van der Waals surface area contributed by atoms with E-state index in [9.17, 15) is 4.79 Å². The van der Waals surface area contributed by atoms with Crippen molar-refractivity contribution < 1.29 is 4.79 Å². The normalized spacial score (nSPS) is 12.3. The molecule has 0 aliphatic carbocycles. The molecule has 0 unspecified atom stereocenters. The molecule has 1 atom stereocenters. The lowest BCUT2D eigenvalue weighted by Crippen LogP contribution is -2.14. The van der Waals surface area contributed by atoms with Gasteiger partial charge in [-0.2, -0.15) is 5.10 Å². The lowest BCUT2D eigenvalue weighted by atomic mass is 10.1. The molecule has 2 aromatic heterocycles. The van der Waals surface area contributed by atoms with E-state index in [0.29, 0.717) is 10.2 Å². The van der Waals surface area contributed by atoms with Crippen molar-refractivity contribution >= 4 is 29.1 Å². The zero-order chi connectivity index (χ0) is 17.3. The Morgan fingerprint density at radius 2 is 2.00 bits per heavy atom. The number of thioether (sulfide) groups is 1. The van der Waals surface area contributed by atoms with Crippen LogP contribution in [0.5, 0.6) is 0 Å². The number of aryl methyl sites for hydroxylation is 1. The first-order valence-corrected chi connectivity index (χ1v) is 8.74. The lowest BCUT2D eigenvalue weighted by Gasteiger charge is -2.11. The minimum atomic E-state index is -0.253. The molecule has 3 rings (SSSR count). The lowest BCUT2D eigenvalue weighted by molar-refractivity contribution is 0.0993. The van der Waals surface area contributed by atoms with Crippen LogP contribution in [0.1, 0.15) is 28.7 Å². The zero-order valence-corrected chi connectivity index (χ0v) is 15.1. The molecule has 0 aliphatic rings. The molecule has 7 heteroatoms. The predicted octanol–water partition coefficient (Wildman–Crippen LogP) is 4.23. The Kier molecular flexibility index (Phi) is 4.78. The molecular weight excluding hydrogens is 344 g/mol. The van der Waals surface area contributed by atoms with E-state index < -0.39 is 0 Å². The smallest absolute Gasteiger partial charge is 0.184 e. The molecule has 124 valence electrons. The second kappa shape index (κ2) is 6.83. The van der Waals surface area contributed by atoms with Crippen molar-refractivity contribution in [3.05, 3.63) is 58.6 Å². The number of ketones is 1. The Bertz CT molecular complexity index is 856. The third-order valence-electron chi connectivity index (χ3n) is 3.83. The number of hydrogen-bond donors (Lipinski definition) is 1. The Morgan fingerprint density at radius 1 is 1.29 bits per heavy atom. The van der Waals surface area contributed by atoms with Crippen molar-refractivity contribution in [3.63, 3.8) is 0 Å². The highest BCUT2D eigenvalue weighted by Crippen LogP contribution is 2.27. The summed E-state index contributed by atoms with van der Waals surface area (Å²) >= 11 is 7.33. The number of H-pyrrole nitrogens is 1. The van der Waals surface area contributed by atoms with Gasteiger partial charge < -0.3 is 4.57 Å². The highest BCUT2D eigenvalue weighted by atomic mass is 35.5. The SMILES string of the molecule is Cc1cc(C(=O)[C@H](C)Sc2ncn[nH]2)c(C)n1-c1ccc(Cl)cc1.